The second kappa shape index (κ2) is 10.8. The largest absolute Gasteiger partial charge is 0.383 e. The summed E-state index contributed by atoms with van der Waals surface area (Å²) in [7, 11) is 1.74. The molecule has 0 saturated carbocycles. The normalized spacial score (nSPS) is 12.6. The van der Waals surface area contributed by atoms with E-state index < -0.39 is 0 Å². The molecule has 0 heterocycles. The number of benzene rings is 1. The Morgan fingerprint density at radius 3 is 2.55 bits per heavy atom. The first kappa shape index (κ1) is 17.2. The Morgan fingerprint density at radius 2 is 1.90 bits per heavy atom. The fourth-order valence-corrected chi connectivity index (χ4v) is 2.25. The highest BCUT2D eigenvalue weighted by Gasteiger charge is 2.10. The van der Waals surface area contributed by atoms with Gasteiger partial charge >= 0.3 is 0 Å². The van der Waals surface area contributed by atoms with Crippen molar-refractivity contribution in [2.45, 2.75) is 32.6 Å². The number of ether oxygens (including phenoxy) is 2. The first-order chi connectivity index (χ1) is 9.77. The van der Waals surface area contributed by atoms with Gasteiger partial charge in [0.2, 0.25) is 0 Å². The van der Waals surface area contributed by atoms with E-state index in [1.165, 1.54) is 11.1 Å². The van der Waals surface area contributed by atoms with Crippen LogP contribution in [0.3, 0.4) is 0 Å². The van der Waals surface area contributed by atoms with Crippen LogP contribution in [0.5, 0.6) is 0 Å². The zero-order valence-corrected chi connectivity index (χ0v) is 13.2. The van der Waals surface area contributed by atoms with Crippen LogP contribution in [0.2, 0.25) is 0 Å². The maximum atomic E-state index is 5.44. The summed E-state index contributed by atoms with van der Waals surface area (Å²) < 4.78 is 10.5. The van der Waals surface area contributed by atoms with Crippen molar-refractivity contribution in [2.75, 3.05) is 40.0 Å². The number of aryl methyl sites for hydroxylation is 1. The van der Waals surface area contributed by atoms with Gasteiger partial charge in [-0.3, -0.25) is 0 Å². The lowest BCUT2D eigenvalue weighted by atomic mass is 9.93. The van der Waals surface area contributed by atoms with E-state index >= 15 is 0 Å². The van der Waals surface area contributed by atoms with Gasteiger partial charge in [-0.1, -0.05) is 29.8 Å². The van der Waals surface area contributed by atoms with Gasteiger partial charge in [0.25, 0.3) is 0 Å². The predicted molar refractivity (Wildman–Crippen MR) is 84.4 cm³/mol. The van der Waals surface area contributed by atoms with Crippen molar-refractivity contribution in [2.24, 2.45) is 0 Å². The van der Waals surface area contributed by atoms with Gasteiger partial charge in [-0.2, -0.15) is 0 Å². The Balaban J connectivity index is 2.47. The van der Waals surface area contributed by atoms with Crippen molar-refractivity contribution in [3.63, 3.8) is 0 Å². The third-order valence-corrected chi connectivity index (χ3v) is 3.47. The standard InChI is InChI=1S/C17H29NO2/c1-4-20-12-5-6-17(14-18-11-13-19-3)16-9-7-15(2)8-10-16/h7-10,17-18H,4-6,11-14H2,1-3H3. The van der Waals surface area contributed by atoms with E-state index in [2.05, 4.69) is 36.5 Å². The molecule has 3 heteroatoms. The predicted octanol–water partition coefficient (Wildman–Crippen LogP) is 3.13. The molecule has 0 spiro atoms. The van der Waals surface area contributed by atoms with E-state index in [-0.39, 0.29) is 0 Å². The van der Waals surface area contributed by atoms with Crippen LogP contribution < -0.4 is 5.32 Å². The molecule has 0 bridgehead atoms. The molecule has 1 N–H and O–H groups in total. The van der Waals surface area contributed by atoms with Crippen LogP contribution in [-0.2, 0) is 9.47 Å². The maximum Gasteiger partial charge on any atom is 0.0587 e. The van der Waals surface area contributed by atoms with Crippen LogP contribution in [-0.4, -0.2) is 40.0 Å². The number of hydrogen-bond acceptors (Lipinski definition) is 3. The molecule has 1 atom stereocenters. The molecule has 1 rings (SSSR count). The average molecular weight is 279 g/mol. The van der Waals surface area contributed by atoms with Gasteiger partial charge in [-0.25, -0.2) is 0 Å². The Labute approximate surface area is 123 Å². The molecule has 0 saturated heterocycles. The first-order valence-corrected chi connectivity index (χ1v) is 7.62. The van der Waals surface area contributed by atoms with Gasteiger partial charge < -0.3 is 14.8 Å². The summed E-state index contributed by atoms with van der Waals surface area (Å²) in [5.74, 6) is 0.549. The molecule has 20 heavy (non-hydrogen) atoms. The van der Waals surface area contributed by atoms with Crippen molar-refractivity contribution in [1.29, 1.82) is 0 Å². The lowest BCUT2D eigenvalue weighted by Crippen LogP contribution is -2.25. The van der Waals surface area contributed by atoms with Crippen LogP contribution in [0.4, 0.5) is 0 Å². The highest BCUT2D eigenvalue weighted by molar-refractivity contribution is 5.24. The maximum absolute atomic E-state index is 5.44. The quantitative estimate of drug-likeness (QED) is 0.631. The third kappa shape index (κ3) is 7.04. The molecule has 0 radical (unpaired) electrons. The summed E-state index contributed by atoms with van der Waals surface area (Å²) in [6.07, 6.45) is 2.27. The molecule has 0 amide bonds. The van der Waals surface area contributed by atoms with E-state index in [1.807, 2.05) is 6.92 Å². The molecule has 1 aromatic rings. The summed E-state index contributed by atoms with van der Waals surface area (Å²) in [5, 5.41) is 3.47. The van der Waals surface area contributed by atoms with Gasteiger partial charge in [-0.05, 0) is 38.2 Å². The van der Waals surface area contributed by atoms with Crippen LogP contribution in [0.25, 0.3) is 0 Å². The van der Waals surface area contributed by atoms with Crippen molar-refractivity contribution in [1.82, 2.24) is 5.32 Å². The molecule has 0 aliphatic carbocycles. The van der Waals surface area contributed by atoms with E-state index in [0.717, 1.165) is 45.8 Å². The van der Waals surface area contributed by atoms with Gasteiger partial charge in [0.15, 0.2) is 0 Å². The number of rotatable bonds is 11. The molecule has 0 aromatic heterocycles. The SMILES string of the molecule is CCOCCCC(CNCCOC)c1ccc(C)cc1. The number of hydrogen-bond donors (Lipinski definition) is 1. The van der Waals surface area contributed by atoms with Crippen LogP contribution >= 0.6 is 0 Å². The smallest absolute Gasteiger partial charge is 0.0587 e. The monoisotopic (exact) mass is 279 g/mol. The van der Waals surface area contributed by atoms with Crippen molar-refractivity contribution < 1.29 is 9.47 Å². The summed E-state index contributed by atoms with van der Waals surface area (Å²) in [6.45, 7) is 8.51. The summed E-state index contributed by atoms with van der Waals surface area (Å²) in [4.78, 5) is 0. The zero-order chi connectivity index (χ0) is 14.6. The summed E-state index contributed by atoms with van der Waals surface area (Å²) in [6, 6.07) is 8.89. The van der Waals surface area contributed by atoms with Gasteiger partial charge in [0, 0.05) is 33.4 Å². The van der Waals surface area contributed by atoms with Gasteiger partial charge in [-0.15, -0.1) is 0 Å². The minimum Gasteiger partial charge on any atom is -0.383 e. The molecular formula is C17H29NO2. The minimum atomic E-state index is 0.549. The second-order valence-electron chi connectivity index (χ2n) is 5.14. The third-order valence-electron chi connectivity index (χ3n) is 3.47. The topological polar surface area (TPSA) is 30.5 Å². The average Bonchev–Trinajstić information content (AvgIpc) is 2.47. The molecule has 0 aliphatic heterocycles. The van der Waals surface area contributed by atoms with Crippen LogP contribution in [0.15, 0.2) is 24.3 Å². The minimum absolute atomic E-state index is 0.549. The molecule has 0 fully saturated rings. The summed E-state index contributed by atoms with van der Waals surface area (Å²) >= 11 is 0. The molecular weight excluding hydrogens is 250 g/mol. The fraction of sp³-hybridized carbons (Fsp3) is 0.647. The molecule has 114 valence electrons. The molecule has 1 unspecified atom stereocenters. The highest BCUT2D eigenvalue weighted by Crippen LogP contribution is 2.21. The van der Waals surface area contributed by atoms with Gasteiger partial charge in [0.05, 0.1) is 6.61 Å². The fourth-order valence-electron chi connectivity index (χ4n) is 2.25. The molecule has 0 aliphatic rings. The van der Waals surface area contributed by atoms with Crippen LogP contribution in [0, 0.1) is 6.92 Å². The second-order valence-corrected chi connectivity index (χ2v) is 5.14. The van der Waals surface area contributed by atoms with Crippen LogP contribution in [0.1, 0.15) is 36.8 Å². The molecule has 1 aromatic carbocycles. The van der Waals surface area contributed by atoms with E-state index in [4.69, 9.17) is 9.47 Å². The lowest BCUT2D eigenvalue weighted by Gasteiger charge is -2.18. The van der Waals surface area contributed by atoms with Crippen molar-refractivity contribution >= 4 is 0 Å². The van der Waals surface area contributed by atoms with Crippen molar-refractivity contribution in [3.8, 4) is 0 Å². The Bertz CT molecular complexity index is 325. The Kier molecular flexibility index (Phi) is 9.29. The van der Waals surface area contributed by atoms with Crippen molar-refractivity contribution in [3.05, 3.63) is 35.4 Å². The lowest BCUT2D eigenvalue weighted by molar-refractivity contribution is 0.141. The number of nitrogens with one attached hydrogen (secondary N) is 1. The van der Waals surface area contributed by atoms with E-state index in [0.29, 0.717) is 5.92 Å². The Hall–Kier alpha value is -0.900. The zero-order valence-electron chi connectivity index (χ0n) is 13.2. The first-order valence-electron chi connectivity index (χ1n) is 7.62. The highest BCUT2D eigenvalue weighted by atomic mass is 16.5. The summed E-state index contributed by atoms with van der Waals surface area (Å²) in [5.41, 5.74) is 2.73. The number of methoxy groups -OCH3 is 1. The molecule has 3 nitrogen and oxygen atoms in total. The van der Waals surface area contributed by atoms with E-state index in [1.54, 1.807) is 7.11 Å². The Morgan fingerprint density at radius 1 is 1.15 bits per heavy atom. The van der Waals surface area contributed by atoms with Gasteiger partial charge in [0.1, 0.15) is 0 Å². The van der Waals surface area contributed by atoms with E-state index in [9.17, 15) is 0 Å².